The lowest BCUT2D eigenvalue weighted by Crippen LogP contribution is -2.04. The number of benzene rings is 2. The fourth-order valence-corrected chi connectivity index (χ4v) is 1.88. The van der Waals surface area contributed by atoms with E-state index in [0.717, 1.165) is 6.29 Å². The molecule has 124 valence electrons. The lowest BCUT2D eigenvalue weighted by molar-refractivity contribution is -0.107. The van der Waals surface area contributed by atoms with E-state index in [1.54, 1.807) is 25.2 Å². The van der Waals surface area contributed by atoms with Crippen molar-refractivity contribution in [1.29, 1.82) is 0 Å². The van der Waals surface area contributed by atoms with Crippen LogP contribution in [-0.4, -0.2) is 13.3 Å². The van der Waals surface area contributed by atoms with E-state index in [1.165, 1.54) is 18.2 Å². The first-order valence-electron chi connectivity index (χ1n) is 7.03. The Balaban J connectivity index is 0.000000593. The number of aldehydes is 1. The van der Waals surface area contributed by atoms with Crippen molar-refractivity contribution in [2.45, 2.75) is 24.8 Å². The maximum Gasteiger partial charge on any atom is 0.166 e. The first-order chi connectivity index (χ1) is 11.0. The zero-order valence-corrected chi connectivity index (χ0v) is 13.9. The van der Waals surface area contributed by atoms with Crippen LogP contribution in [0.15, 0.2) is 41.3 Å². The van der Waals surface area contributed by atoms with Crippen LogP contribution in [0.5, 0.6) is 5.75 Å². The van der Waals surface area contributed by atoms with Gasteiger partial charge in [-0.15, -0.1) is 12.6 Å². The highest BCUT2D eigenvalue weighted by Gasteiger charge is 2.10. The summed E-state index contributed by atoms with van der Waals surface area (Å²) in [5.41, 5.74) is 0.977. The number of nitrogens with one attached hydrogen (secondary N) is 1. The molecular formula is C17H19F2NO2S. The van der Waals surface area contributed by atoms with Gasteiger partial charge in [0.05, 0.1) is 0 Å². The third-order valence-electron chi connectivity index (χ3n) is 2.84. The Morgan fingerprint density at radius 3 is 2.48 bits per heavy atom. The largest absolute Gasteiger partial charge is 0.486 e. The Morgan fingerprint density at radius 2 is 1.91 bits per heavy atom. The van der Waals surface area contributed by atoms with Crippen molar-refractivity contribution in [2.75, 3.05) is 12.4 Å². The quantitative estimate of drug-likeness (QED) is 0.623. The van der Waals surface area contributed by atoms with Gasteiger partial charge in [-0.1, -0.05) is 13.0 Å². The van der Waals surface area contributed by atoms with Gasteiger partial charge in [-0.25, -0.2) is 8.78 Å². The van der Waals surface area contributed by atoms with Crippen molar-refractivity contribution in [3.8, 4) is 5.75 Å². The third-order valence-corrected chi connectivity index (χ3v) is 3.12. The molecule has 0 aromatic heterocycles. The second-order valence-corrected chi connectivity index (χ2v) is 5.01. The fraction of sp³-hybridized carbons (Fsp3) is 0.235. The molecule has 0 aliphatic rings. The number of rotatable bonds is 5. The number of thiol groups is 1. The van der Waals surface area contributed by atoms with Crippen molar-refractivity contribution >= 4 is 24.6 Å². The third kappa shape index (κ3) is 5.90. The Bertz CT molecular complexity index is 650. The van der Waals surface area contributed by atoms with E-state index in [1.807, 2.05) is 6.92 Å². The number of anilines is 1. The molecular weight excluding hydrogens is 320 g/mol. The average molecular weight is 339 g/mol. The van der Waals surface area contributed by atoms with Crippen molar-refractivity contribution in [1.82, 2.24) is 0 Å². The molecule has 0 radical (unpaired) electrons. The second kappa shape index (κ2) is 9.84. The molecule has 0 aliphatic carbocycles. The van der Waals surface area contributed by atoms with Crippen LogP contribution in [0.4, 0.5) is 14.5 Å². The summed E-state index contributed by atoms with van der Waals surface area (Å²) in [6, 6.07) is 9.00. The van der Waals surface area contributed by atoms with Gasteiger partial charge in [0.15, 0.2) is 11.6 Å². The molecule has 2 aromatic rings. The zero-order valence-electron chi connectivity index (χ0n) is 13.0. The number of hydrogen-bond donors (Lipinski definition) is 2. The maximum atomic E-state index is 13.7. The minimum atomic E-state index is -0.519. The summed E-state index contributed by atoms with van der Waals surface area (Å²) in [6.45, 7) is 1.76. The molecule has 0 bridgehead atoms. The zero-order chi connectivity index (χ0) is 17.2. The molecule has 0 saturated carbocycles. The molecule has 1 N–H and O–H groups in total. The van der Waals surface area contributed by atoms with E-state index >= 15 is 0 Å². The second-order valence-electron chi connectivity index (χ2n) is 4.49. The predicted octanol–water partition coefficient (Wildman–Crippen LogP) is 4.47. The van der Waals surface area contributed by atoms with Gasteiger partial charge in [-0.2, -0.15) is 0 Å². The van der Waals surface area contributed by atoms with Crippen LogP contribution in [-0.2, 0) is 11.4 Å². The lowest BCUT2D eigenvalue weighted by atomic mass is 10.2. The molecule has 0 spiro atoms. The molecule has 0 fully saturated rings. The first-order valence-corrected chi connectivity index (χ1v) is 7.48. The van der Waals surface area contributed by atoms with Gasteiger partial charge in [-0.05, 0) is 30.3 Å². The number of carbonyl (C=O) groups excluding carboxylic acids is 1. The van der Waals surface area contributed by atoms with E-state index < -0.39 is 11.6 Å². The predicted molar refractivity (Wildman–Crippen MR) is 90.3 cm³/mol. The highest BCUT2D eigenvalue weighted by Crippen LogP contribution is 2.24. The summed E-state index contributed by atoms with van der Waals surface area (Å²) >= 11 is 4.02. The molecule has 0 saturated heterocycles. The van der Waals surface area contributed by atoms with Gasteiger partial charge in [0.25, 0.3) is 0 Å². The molecule has 0 unspecified atom stereocenters. The van der Waals surface area contributed by atoms with Crippen LogP contribution in [0.25, 0.3) is 0 Å². The molecule has 6 heteroatoms. The summed E-state index contributed by atoms with van der Waals surface area (Å²) in [5.74, 6) is -0.837. The minimum absolute atomic E-state index is 0.0499. The van der Waals surface area contributed by atoms with Gasteiger partial charge in [0.2, 0.25) is 0 Å². The van der Waals surface area contributed by atoms with E-state index in [2.05, 4.69) is 17.9 Å². The monoisotopic (exact) mass is 339 g/mol. The van der Waals surface area contributed by atoms with Crippen molar-refractivity contribution in [3.05, 3.63) is 53.6 Å². The van der Waals surface area contributed by atoms with Crippen LogP contribution in [0, 0.1) is 11.6 Å². The summed E-state index contributed by atoms with van der Waals surface area (Å²) in [6.07, 6.45) is 1.51. The van der Waals surface area contributed by atoms with Gasteiger partial charge in [0, 0.05) is 29.6 Å². The lowest BCUT2D eigenvalue weighted by Gasteiger charge is -2.12. The van der Waals surface area contributed by atoms with Crippen LogP contribution < -0.4 is 10.1 Å². The van der Waals surface area contributed by atoms with Crippen molar-refractivity contribution in [2.24, 2.45) is 0 Å². The van der Waals surface area contributed by atoms with Gasteiger partial charge >= 0.3 is 0 Å². The molecule has 0 amide bonds. The Kier molecular flexibility index (Phi) is 8.11. The normalized spacial score (nSPS) is 9.61. The topological polar surface area (TPSA) is 38.3 Å². The van der Waals surface area contributed by atoms with Crippen LogP contribution in [0.3, 0.4) is 0 Å². The number of halogens is 2. The summed E-state index contributed by atoms with van der Waals surface area (Å²) in [7, 11) is 1.69. The van der Waals surface area contributed by atoms with E-state index in [4.69, 9.17) is 4.74 Å². The molecule has 2 aromatic carbocycles. The van der Waals surface area contributed by atoms with Crippen LogP contribution in [0.2, 0.25) is 0 Å². The first kappa shape index (κ1) is 19.0. The maximum absolute atomic E-state index is 13.7. The highest BCUT2D eigenvalue weighted by atomic mass is 32.1. The Hall–Kier alpha value is -2.08. The van der Waals surface area contributed by atoms with Gasteiger partial charge < -0.3 is 14.8 Å². The van der Waals surface area contributed by atoms with Crippen molar-refractivity contribution < 1.29 is 18.3 Å². The number of carbonyl (C=O) groups is 1. The highest BCUT2D eigenvalue weighted by molar-refractivity contribution is 7.80. The van der Waals surface area contributed by atoms with Crippen LogP contribution in [0.1, 0.15) is 18.9 Å². The Labute approximate surface area is 140 Å². The van der Waals surface area contributed by atoms with E-state index in [9.17, 15) is 13.6 Å². The molecule has 0 atom stereocenters. The molecule has 3 nitrogen and oxygen atoms in total. The average Bonchev–Trinajstić information content (AvgIpc) is 2.55. The van der Waals surface area contributed by atoms with E-state index in [0.29, 0.717) is 22.6 Å². The molecule has 0 heterocycles. The minimum Gasteiger partial charge on any atom is -0.486 e. The van der Waals surface area contributed by atoms with E-state index in [-0.39, 0.29) is 12.4 Å². The van der Waals surface area contributed by atoms with Gasteiger partial charge in [-0.3, -0.25) is 0 Å². The van der Waals surface area contributed by atoms with Crippen molar-refractivity contribution in [3.63, 3.8) is 0 Å². The van der Waals surface area contributed by atoms with Gasteiger partial charge in [0.1, 0.15) is 18.7 Å². The number of hydrogen-bond acceptors (Lipinski definition) is 4. The Morgan fingerprint density at radius 1 is 1.22 bits per heavy atom. The molecule has 2 rings (SSSR count). The number of ether oxygens (including phenoxy) is 1. The molecule has 0 aliphatic heterocycles. The standard InChI is InChI=1S/C14H13F2NOS.C3H6O/c1-17-13-4-2-3-11(15)10(13)8-18-14-6-5-9(19)7-12(14)16;1-2-3-4/h2-7,17,19H,8H2,1H3;3H,2H2,1H3. The summed E-state index contributed by atoms with van der Waals surface area (Å²) < 4.78 is 32.5. The summed E-state index contributed by atoms with van der Waals surface area (Å²) in [5, 5.41) is 2.87. The summed E-state index contributed by atoms with van der Waals surface area (Å²) in [4.78, 5) is 9.68. The molecule has 23 heavy (non-hydrogen) atoms. The van der Waals surface area contributed by atoms with Crippen LogP contribution >= 0.6 is 12.6 Å². The fourth-order valence-electron chi connectivity index (χ4n) is 1.70. The smallest absolute Gasteiger partial charge is 0.166 e. The SMILES string of the molecule is CCC=O.CNc1cccc(F)c1COc1ccc(S)cc1F.